The van der Waals surface area contributed by atoms with Gasteiger partial charge >= 0.3 is 0 Å². The van der Waals surface area contributed by atoms with Gasteiger partial charge in [-0.1, -0.05) is 12.1 Å². The minimum atomic E-state index is -0.512. The highest BCUT2D eigenvalue weighted by Gasteiger charge is 2.03. The van der Waals surface area contributed by atoms with E-state index in [0.29, 0.717) is 0 Å². The van der Waals surface area contributed by atoms with E-state index in [9.17, 15) is 9.18 Å². The molecule has 0 aromatic heterocycles. The van der Waals surface area contributed by atoms with Crippen LogP contribution in [0.3, 0.4) is 0 Å². The molecule has 0 heterocycles. The van der Waals surface area contributed by atoms with Crippen molar-refractivity contribution in [2.45, 2.75) is 0 Å². The summed E-state index contributed by atoms with van der Waals surface area (Å²) in [7, 11) is 0. The van der Waals surface area contributed by atoms with Crippen molar-refractivity contribution < 1.29 is 9.18 Å². The van der Waals surface area contributed by atoms with Crippen molar-refractivity contribution in [3.63, 3.8) is 0 Å². The minimum Gasteiger partial charge on any atom is -0.294 e. The molecule has 0 saturated carbocycles. The van der Waals surface area contributed by atoms with Crippen molar-refractivity contribution in [3.05, 3.63) is 42.6 Å². The fraction of sp³-hybridized carbons (Fsp3) is 0. The van der Waals surface area contributed by atoms with E-state index < -0.39 is 11.6 Å². The lowest BCUT2D eigenvalue weighted by molar-refractivity contribution is 0.104. The van der Waals surface area contributed by atoms with E-state index in [1.807, 2.05) is 0 Å². The first-order valence-corrected chi connectivity index (χ1v) is 2.82. The Morgan fingerprint density at radius 3 is 2.40 bits per heavy atom. The van der Waals surface area contributed by atoms with Crippen LogP contribution in [0, 0.1) is 12.7 Å². The molecule has 1 radical (unpaired) electrons. The summed E-state index contributed by atoms with van der Waals surface area (Å²) in [5, 5.41) is 0. The molecule has 1 aromatic rings. The Balaban J connectivity index is 3.15. The minimum absolute atomic E-state index is 0.0440. The Hall–Kier alpha value is -1.18. The van der Waals surface area contributed by atoms with Gasteiger partial charge in [-0.2, -0.15) is 0 Å². The predicted molar refractivity (Wildman–Crippen MR) is 36.1 cm³/mol. The van der Waals surface area contributed by atoms with E-state index >= 15 is 0 Å². The van der Waals surface area contributed by atoms with Gasteiger partial charge in [0.25, 0.3) is 0 Å². The third-order valence-corrected chi connectivity index (χ3v) is 1.17. The van der Waals surface area contributed by atoms with Crippen molar-refractivity contribution in [2.24, 2.45) is 0 Å². The lowest BCUT2D eigenvalue weighted by Crippen LogP contribution is -1.95. The van der Waals surface area contributed by atoms with E-state index in [2.05, 4.69) is 6.92 Å². The maximum Gasteiger partial charge on any atom is 0.166 e. The largest absolute Gasteiger partial charge is 0.294 e. The fourth-order valence-electron chi connectivity index (χ4n) is 0.687. The van der Waals surface area contributed by atoms with Crippen molar-refractivity contribution in [1.29, 1.82) is 0 Å². The number of Topliss-reactive ketones (excluding diaryl/α,β-unsaturated/α-hetero) is 1. The van der Waals surface area contributed by atoms with Crippen LogP contribution in [-0.4, -0.2) is 5.78 Å². The fourth-order valence-corrected chi connectivity index (χ4v) is 0.687. The molecule has 0 aliphatic heterocycles. The summed E-state index contributed by atoms with van der Waals surface area (Å²) < 4.78 is 12.6. The van der Waals surface area contributed by atoms with Crippen LogP contribution in [0.5, 0.6) is 0 Å². The van der Waals surface area contributed by atoms with Gasteiger partial charge < -0.3 is 0 Å². The quantitative estimate of drug-likeness (QED) is 0.540. The number of hydrogen-bond donors (Lipinski definition) is 0. The van der Waals surface area contributed by atoms with Gasteiger partial charge in [0, 0.05) is 6.92 Å². The molecule has 51 valence electrons. The topological polar surface area (TPSA) is 17.1 Å². The summed E-state index contributed by atoms with van der Waals surface area (Å²) in [5.41, 5.74) is 0.0440. The molecule has 1 rings (SSSR count). The summed E-state index contributed by atoms with van der Waals surface area (Å²) in [6, 6.07) is 5.77. The van der Waals surface area contributed by atoms with Crippen molar-refractivity contribution in [2.75, 3.05) is 0 Å². The van der Waals surface area contributed by atoms with Gasteiger partial charge in [-0.3, -0.25) is 4.79 Å². The SMILES string of the molecule is [CH2]C(=O)c1ccccc1F. The number of carbonyl (C=O) groups excluding carboxylic acids is 1. The molecule has 0 bridgehead atoms. The summed E-state index contributed by atoms with van der Waals surface area (Å²) >= 11 is 0. The number of rotatable bonds is 1. The molecule has 10 heavy (non-hydrogen) atoms. The normalized spacial score (nSPS) is 9.40. The van der Waals surface area contributed by atoms with Crippen molar-refractivity contribution in [3.8, 4) is 0 Å². The van der Waals surface area contributed by atoms with Crippen LogP contribution in [-0.2, 0) is 0 Å². The summed E-state index contributed by atoms with van der Waals surface area (Å²) in [6.07, 6.45) is 0. The average molecular weight is 137 g/mol. The molecule has 1 nitrogen and oxygen atoms in total. The maximum atomic E-state index is 12.6. The first-order chi connectivity index (χ1) is 4.72. The van der Waals surface area contributed by atoms with Crippen LogP contribution in [0.25, 0.3) is 0 Å². The Labute approximate surface area is 58.5 Å². The highest BCUT2D eigenvalue weighted by atomic mass is 19.1. The number of hydrogen-bond acceptors (Lipinski definition) is 1. The number of halogens is 1. The zero-order chi connectivity index (χ0) is 7.56. The molecule has 1 aromatic carbocycles. The second-order valence-electron chi connectivity index (χ2n) is 1.90. The van der Waals surface area contributed by atoms with Gasteiger partial charge in [-0.15, -0.1) is 0 Å². The average Bonchev–Trinajstić information content (AvgIpc) is 1.88. The smallest absolute Gasteiger partial charge is 0.166 e. The van der Waals surface area contributed by atoms with E-state index in [0.717, 1.165) is 0 Å². The molecule has 0 aliphatic carbocycles. The second kappa shape index (κ2) is 2.60. The lowest BCUT2D eigenvalue weighted by Gasteiger charge is -1.94. The van der Waals surface area contributed by atoms with Crippen molar-refractivity contribution in [1.82, 2.24) is 0 Å². The third-order valence-electron chi connectivity index (χ3n) is 1.17. The molecule has 0 fully saturated rings. The molecule has 0 spiro atoms. The molecule has 0 aliphatic rings. The first kappa shape index (κ1) is 6.93. The lowest BCUT2D eigenvalue weighted by atomic mass is 10.1. The highest BCUT2D eigenvalue weighted by molar-refractivity contribution is 5.99. The van der Waals surface area contributed by atoms with Crippen molar-refractivity contribution >= 4 is 5.78 Å². The monoisotopic (exact) mass is 137 g/mol. The molecule has 0 atom stereocenters. The molecule has 2 heteroatoms. The summed E-state index contributed by atoms with van der Waals surface area (Å²) in [4.78, 5) is 10.5. The van der Waals surface area contributed by atoms with Gasteiger partial charge in [-0.05, 0) is 12.1 Å². The highest BCUT2D eigenvalue weighted by Crippen LogP contribution is 2.05. The summed E-state index contributed by atoms with van der Waals surface area (Å²) in [6.45, 7) is 3.09. The molecule has 0 amide bonds. The number of benzene rings is 1. The van der Waals surface area contributed by atoms with Gasteiger partial charge in [0.2, 0.25) is 0 Å². The van der Waals surface area contributed by atoms with E-state index in [4.69, 9.17) is 0 Å². The molecular weight excluding hydrogens is 131 g/mol. The maximum absolute atomic E-state index is 12.6. The van der Waals surface area contributed by atoms with Crippen LogP contribution >= 0.6 is 0 Å². The van der Waals surface area contributed by atoms with Crippen LogP contribution in [0.2, 0.25) is 0 Å². The zero-order valence-corrected chi connectivity index (χ0v) is 5.30. The third kappa shape index (κ3) is 1.21. The van der Waals surface area contributed by atoms with E-state index in [1.54, 1.807) is 6.07 Å². The Morgan fingerprint density at radius 1 is 1.40 bits per heavy atom. The van der Waals surface area contributed by atoms with Crippen LogP contribution in [0.4, 0.5) is 4.39 Å². The van der Waals surface area contributed by atoms with Gasteiger partial charge in [-0.25, -0.2) is 4.39 Å². The number of ketones is 1. The first-order valence-electron chi connectivity index (χ1n) is 2.82. The molecular formula is C8H6FO. The number of carbonyl (C=O) groups is 1. The van der Waals surface area contributed by atoms with Gasteiger partial charge in [0.05, 0.1) is 5.56 Å². The van der Waals surface area contributed by atoms with E-state index in [1.165, 1.54) is 18.2 Å². The van der Waals surface area contributed by atoms with Gasteiger partial charge in [0.15, 0.2) is 5.78 Å². The van der Waals surface area contributed by atoms with Crippen LogP contribution in [0.1, 0.15) is 10.4 Å². The molecule has 0 N–H and O–H groups in total. The Bertz CT molecular complexity index is 255. The zero-order valence-electron chi connectivity index (χ0n) is 5.30. The molecule has 0 saturated heterocycles. The second-order valence-corrected chi connectivity index (χ2v) is 1.90. The van der Waals surface area contributed by atoms with Crippen LogP contribution in [0.15, 0.2) is 24.3 Å². The van der Waals surface area contributed by atoms with Gasteiger partial charge in [0.1, 0.15) is 5.82 Å². The predicted octanol–water partition coefficient (Wildman–Crippen LogP) is 1.84. The standard InChI is InChI=1S/C8H6FO/c1-6(10)7-4-2-3-5-8(7)9/h2-5H,1H2. The molecule has 0 unspecified atom stereocenters. The van der Waals surface area contributed by atoms with E-state index in [-0.39, 0.29) is 5.56 Å². The Kier molecular flexibility index (Phi) is 1.81. The summed E-state index contributed by atoms with van der Waals surface area (Å²) in [5.74, 6) is -0.999. The van der Waals surface area contributed by atoms with Crippen LogP contribution < -0.4 is 0 Å². The Morgan fingerprint density at radius 2 is 2.00 bits per heavy atom.